The first kappa shape index (κ1) is 9.94. The summed E-state index contributed by atoms with van der Waals surface area (Å²) in [5.74, 6) is -0.327. The van der Waals surface area contributed by atoms with Gasteiger partial charge in [0.25, 0.3) is 0 Å². The highest BCUT2D eigenvalue weighted by Gasteiger charge is 2.38. The van der Waals surface area contributed by atoms with E-state index in [1.165, 1.54) is 12.1 Å². The lowest BCUT2D eigenvalue weighted by molar-refractivity contribution is 0.120. The molecule has 14 heavy (non-hydrogen) atoms. The van der Waals surface area contributed by atoms with Crippen molar-refractivity contribution in [2.24, 2.45) is 0 Å². The van der Waals surface area contributed by atoms with Gasteiger partial charge in [-0.05, 0) is 36.6 Å². The zero-order valence-electron chi connectivity index (χ0n) is 7.76. The Labute approximate surface area is 87.5 Å². The van der Waals surface area contributed by atoms with E-state index >= 15 is 0 Å². The summed E-state index contributed by atoms with van der Waals surface area (Å²) in [4.78, 5) is 0. The molecule has 1 aliphatic rings. The van der Waals surface area contributed by atoms with Crippen molar-refractivity contribution in [3.05, 3.63) is 34.6 Å². The molecule has 0 amide bonds. The zero-order chi connectivity index (χ0) is 10.2. The van der Waals surface area contributed by atoms with Crippen molar-refractivity contribution in [3.63, 3.8) is 0 Å². The van der Waals surface area contributed by atoms with Crippen LogP contribution in [0.15, 0.2) is 18.2 Å². The first-order valence-electron chi connectivity index (χ1n) is 4.74. The Morgan fingerprint density at radius 1 is 1.36 bits per heavy atom. The predicted octanol–water partition coefficient (Wildman–Crippen LogP) is 2.89. The minimum atomic E-state index is -0.327. The molecule has 3 heteroatoms. The van der Waals surface area contributed by atoms with Crippen molar-refractivity contribution >= 4 is 11.6 Å². The number of halogens is 2. The van der Waals surface area contributed by atoms with E-state index in [0.717, 1.165) is 24.8 Å². The van der Waals surface area contributed by atoms with Gasteiger partial charge in [0.2, 0.25) is 0 Å². The van der Waals surface area contributed by atoms with Gasteiger partial charge in [0.15, 0.2) is 0 Å². The number of hydrogen-bond donors (Lipinski definition) is 1. The molecule has 1 aromatic rings. The minimum absolute atomic E-state index is 0.0762. The van der Waals surface area contributed by atoms with Gasteiger partial charge in [-0.15, -0.1) is 0 Å². The van der Waals surface area contributed by atoms with E-state index in [0.29, 0.717) is 5.02 Å². The second-order valence-corrected chi connectivity index (χ2v) is 4.39. The van der Waals surface area contributed by atoms with Crippen LogP contribution in [0.5, 0.6) is 0 Å². The van der Waals surface area contributed by atoms with E-state index in [4.69, 9.17) is 11.6 Å². The fourth-order valence-corrected chi connectivity index (χ4v) is 2.22. The van der Waals surface area contributed by atoms with Crippen LogP contribution in [0.2, 0.25) is 5.02 Å². The van der Waals surface area contributed by atoms with Crippen LogP contribution in [0.1, 0.15) is 24.8 Å². The van der Waals surface area contributed by atoms with Gasteiger partial charge < -0.3 is 5.11 Å². The molecule has 1 aromatic carbocycles. The highest BCUT2D eigenvalue weighted by atomic mass is 35.5. The van der Waals surface area contributed by atoms with Crippen LogP contribution >= 0.6 is 11.6 Å². The van der Waals surface area contributed by atoms with Crippen molar-refractivity contribution in [2.75, 3.05) is 6.61 Å². The van der Waals surface area contributed by atoms with E-state index in [1.807, 2.05) is 0 Å². The fraction of sp³-hybridized carbons (Fsp3) is 0.455. The Morgan fingerprint density at radius 3 is 2.50 bits per heavy atom. The summed E-state index contributed by atoms with van der Waals surface area (Å²) in [6.07, 6.45) is 2.93. The Hall–Kier alpha value is -0.600. The van der Waals surface area contributed by atoms with Crippen LogP contribution < -0.4 is 0 Å². The number of aliphatic hydroxyl groups excluding tert-OH is 1. The van der Waals surface area contributed by atoms with Crippen LogP contribution in [0, 0.1) is 5.82 Å². The molecule has 0 radical (unpaired) electrons. The van der Waals surface area contributed by atoms with E-state index in [-0.39, 0.29) is 17.8 Å². The van der Waals surface area contributed by atoms with Gasteiger partial charge >= 0.3 is 0 Å². The van der Waals surface area contributed by atoms with Crippen molar-refractivity contribution in [2.45, 2.75) is 24.7 Å². The van der Waals surface area contributed by atoms with E-state index in [9.17, 15) is 9.50 Å². The maximum atomic E-state index is 13.1. The lowest BCUT2D eigenvalue weighted by Gasteiger charge is -2.40. The SMILES string of the molecule is OCC1(c2cc(F)cc(Cl)c2)CCC1. The highest BCUT2D eigenvalue weighted by Crippen LogP contribution is 2.43. The Bertz CT molecular complexity index is 321. The van der Waals surface area contributed by atoms with Gasteiger partial charge in [-0.2, -0.15) is 0 Å². The molecule has 1 aliphatic carbocycles. The average Bonchev–Trinajstić information content (AvgIpc) is 2.01. The smallest absolute Gasteiger partial charge is 0.124 e. The van der Waals surface area contributed by atoms with Gasteiger partial charge in [0, 0.05) is 10.4 Å². The summed E-state index contributed by atoms with van der Waals surface area (Å²) in [6.45, 7) is 0.0762. The summed E-state index contributed by atoms with van der Waals surface area (Å²) in [5, 5.41) is 9.71. The van der Waals surface area contributed by atoms with Crippen LogP contribution in [0.25, 0.3) is 0 Å². The fourth-order valence-electron chi connectivity index (χ4n) is 2.00. The predicted molar refractivity (Wildman–Crippen MR) is 54.0 cm³/mol. The maximum absolute atomic E-state index is 13.1. The number of benzene rings is 1. The Kier molecular flexibility index (Phi) is 2.50. The molecule has 0 unspecified atom stereocenters. The molecular weight excluding hydrogens is 203 g/mol. The quantitative estimate of drug-likeness (QED) is 0.803. The van der Waals surface area contributed by atoms with Crippen molar-refractivity contribution in [1.82, 2.24) is 0 Å². The first-order chi connectivity index (χ1) is 6.66. The molecule has 1 N–H and O–H groups in total. The largest absolute Gasteiger partial charge is 0.395 e. The molecule has 1 fully saturated rings. The van der Waals surface area contributed by atoms with Crippen LogP contribution in [-0.2, 0) is 5.41 Å². The van der Waals surface area contributed by atoms with Gasteiger partial charge in [-0.25, -0.2) is 4.39 Å². The number of hydrogen-bond acceptors (Lipinski definition) is 1. The molecule has 0 heterocycles. The molecule has 0 aromatic heterocycles. The maximum Gasteiger partial charge on any atom is 0.124 e. The van der Waals surface area contributed by atoms with Crippen LogP contribution in [0.4, 0.5) is 4.39 Å². The third-order valence-electron chi connectivity index (χ3n) is 3.09. The van der Waals surface area contributed by atoms with Gasteiger partial charge in [-0.3, -0.25) is 0 Å². The molecule has 1 nitrogen and oxygen atoms in total. The second kappa shape index (κ2) is 3.52. The summed E-state index contributed by atoms with van der Waals surface area (Å²) in [7, 11) is 0. The lowest BCUT2D eigenvalue weighted by Crippen LogP contribution is -2.37. The first-order valence-corrected chi connectivity index (χ1v) is 5.11. The third kappa shape index (κ3) is 1.53. The average molecular weight is 215 g/mol. The summed E-state index contributed by atoms with van der Waals surface area (Å²) in [6, 6.07) is 4.51. The molecule has 2 rings (SSSR count). The minimum Gasteiger partial charge on any atom is -0.395 e. The van der Waals surface area contributed by atoms with E-state index < -0.39 is 0 Å². The van der Waals surface area contributed by atoms with Gasteiger partial charge in [-0.1, -0.05) is 18.0 Å². The van der Waals surface area contributed by atoms with Crippen molar-refractivity contribution in [1.29, 1.82) is 0 Å². The van der Waals surface area contributed by atoms with Gasteiger partial charge in [0.05, 0.1) is 6.61 Å². The zero-order valence-corrected chi connectivity index (χ0v) is 8.52. The highest BCUT2D eigenvalue weighted by molar-refractivity contribution is 6.30. The molecule has 0 bridgehead atoms. The molecule has 0 atom stereocenters. The topological polar surface area (TPSA) is 20.2 Å². The summed E-state index contributed by atoms with van der Waals surface area (Å²) in [5.41, 5.74) is 0.599. The van der Waals surface area contributed by atoms with Crippen LogP contribution in [-0.4, -0.2) is 11.7 Å². The Balaban J connectivity index is 2.39. The number of aliphatic hydroxyl groups is 1. The molecule has 0 spiro atoms. The molecule has 76 valence electrons. The van der Waals surface area contributed by atoms with E-state index in [1.54, 1.807) is 6.07 Å². The molecule has 0 saturated heterocycles. The molecule has 0 aliphatic heterocycles. The Morgan fingerprint density at radius 2 is 2.07 bits per heavy atom. The normalized spacial score (nSPS) is 19.1. The van der Waals surface area contributed by atoms with E-state index in [2.05, 4.69) is 0 Å². The van der Waals surface area contributed by atoms with Crippen LogP contribution in [0.3, 0.4) is 0 Å². The standard InChI is InChI=1S/C11H12ClFO/c12-9-4-8(5-10(13)6-9)11(7-14)2-1-3-11/h4-6,14H,1-3,7H2. The number of rotatable bonds is 2. The summed E-state index contributed by atoms with van der Waals surface area (Å²) < 4.78 is 13.1. The van der Waals surface area contributed by atoms with Crippen molar-refractivity contribution < 1.29 is 9.50 Å². The summed E-state index contributed by atoms with van der Waals surface area (Å²) >= 11 is 5.77. The van der Waals surface area contributed by atoms with Crippen molar-refractivity contribution in [3.8, 4) is 0 Å². The van der Waals surface area contributed by atoms with Gasteiger partial charge in [0.1, 0.15) is 5.82 Å². The second-order valence-electron chi connectivity index (χ2n) is 3.95. The molecule has 1 saturated carbocycles. The lowest BCUT2D eigenvalue weighted by atomic mass is 9.65. The monoisotopic (exact) mass is 214 g/mol. The third-order valence-corrected chi connectivity index (χ3v) is 3.31. The molecular formula is C11H12ClFO.